The molecule has 1 saturated heterocycles. The first kappa shape index (κ1) is 23.6. The second kappa shape index (κ2) is 10.6. The van der Waals surface area contributed by atoms with Gasteiger partial charge >= 0.3 is 6.36 Å². The summed E-state index contributed by atoms with van der Waals surface area (Å²) in [6, 6.07) is 15.0. The first-order chi connectivity index (χ1) is 16.4. The van der Waals surface area contributed by atoms with Gasteiger partial charge in [0.15, 0.2) is 0 Å². The number of hydrogen-bond acceptors (Lipinski definition) is 8. The normalized spacial score (nSPS) is 14.1. The molecule has 8 nitrogen and oxygen atoms in total. The van der Waals surface area contributed by atoms with Gasteiger partial charge < -0.3 is 30.1 Å². The zero-order valence-corrected chi connectivity index (χ0v) is 18.2. The van der Waals surface area contributed by atoms with Crippen molar-refractivity contribution in [2.45, 2.75) is 6.36 Å². The van der Waals surface area contributed by atoms with E-state index >= 15 is 0 Å². The summed E-state index contributed by atoms with van der Waals surface area (Å²) in [5.41, 5.74) is 2.67. The second-order valence-corrected chi connectivity index (χ2v) is 7.46. The van der Waals surface area contributed by atoms with Crippen LogP contribution in [-0.4, -0.2) is 60.9 Å². The van der Waals surface area contributed by atoms with Gasteiger partial charge in [-0.3, -0.25) is 0 Å². The number of aliphatic hydroxyl groups is 1. The van der Waals surface area contributed by atoms with Gasteiger partial charge in [0.2, 0.25) is 5.95 Å². The SMILES string of the molecule is OCCNc1nc(Nc2ccc(N3CCOCC3)cc2)cc(-c2cccc(OC(F)(F)F)c2)n1. The minimum Gasteiger partial charge on any atom is -0.406 e. The van der Waals surface area contributed by atoms with E-state index in [1.54, 1.807) is 12.1 Å². The average molecular weight is 475 g/mol. The average Bonchev–Trinajstić information content (AvgIpc) is 2.83. The summed E-state index contributed by atoms with van der Waals surface area (Å²) in [5.74, 6) is 0.314. The van der Waals surface area contributed by atoms with E-state index in [1.807, 2.05) is 24.3 Å². The first-order valence-electron chi connectivity index (χ1n) is 10.7. The Morgan fingerprint density at radius 3 is 2.50 bits per heavy atom. The highest BCUT2D eigenvalue weighted by atomic mass is 19.4. The van der Waals surface area contributed by atoms with Crippen LogP contribution in [0.15, 0.2) is 54.6 Å². The van der Waals surface area contributed by atoms with Gasteiger partial charge in [0.25, 0.3) is 0 Å². The lowest BCUT2D eigenvalue weighted by Crippen LogP contribution is -2.36. The van der Waals surface area contributed by atoms with Gasteiger partial charge in [0, 0.05) is 42.6 Å². The molecule has 3 N–H and O–H groups in total. The molecule has 0 bridgehead atoms. The molecule has 34 heavy (non-hydrogen) atoms. The van der Waals surface area contributed by atoms with Crippen molar-refractivity contribution in [3.8, 4) is 17.0 Å². The highest BCUT2D eigenvalue weighted by molar-refractivity contribution is 5.69. The number of rotatable bonds is 8. The molecule has 0 radical (unpaired) electrons. The van der Waals surface area contributed by atoms with Crippen LogP contribution in [0.4, 0.5) is 36.3 Å². The number of anilines is 4. The number of benzene rings is 2. The van der Waals surface area contributed by atoms with E-state index in [0.717, 1.165) is 24.5 Å². The van der Waals surface area contributed by atoms with E-state index in [4.69, 9.17) is 9.84 Å². The molecule has 0 amide bonds. The number of nitrogens with zero attached hydrogens (tertiary/aromatic N) is 3. The van der Waals surface area contributed by atoms with Gasteiger partial charge in [0.05, 0.1) is 25.5 Å². The molecule has 2 aromatic carbocycles. The molecule has 4 rings (SSSR count). The summed E-state index contributed by atoms with van der Waals surface area (Å²) in [4.78, 5) is 11.0. The highest BCUT2D eigenvalue weighted by Gasteiger charge is 2.31. The van der Waals surface area contributed by atoms with E-state index in [2.05, 4.69) is 30.2 Å². The lowest BCUT2D eigenvalue weighted by molar-refractivity contribution is -0.274. The number of morpholine rings is 1. The first-order valence-corrected chi connectivity index (χ1v) is 10.7. The van der Waals surface area contributed by atoms with Crippen molar-refractivity contribution in [2.75, 3.05) is 55.0 Å². The van der Waals surface area contributed by atoms with Crippen molar-refractivity contribution in [3.05, 3.63) is 54.6 Å². The van der Waals surface area contributed by atoms with Crippen molar-refractivity contribution >= 4 is 23.1 Å². The van der Waals surface area contributed by atoms with Gasteiger partial charge in [-0.25, -0.2) is 4.98 Å². The Balaban J connectivity index is 1.58. The van der Waals surface area contributed by atoms with E-state index in [-0.39, 0.29) is 24.8 Å². The fraction of sp³-hybridized carbons (Fsp3) is 0.304. The molecule has 0 aliphatic carbocycles. The minimum absolute atomic E-state index is 0.131. The topological polar surface area (TPSA) is 91.8 Å². The quantitative estimate of drug-likeness (QED) is 0.450. The molecule has 0 saturated carbocycles. The number of nitrogens with one attached hydrogen (secondary N) is 2. The summed E-state index contributed by atoms with van der Waals surface area (Å²) >= 11 is 0. The Hall–Kier alpha value is -3.57. The Morgan fingerprint density at radius 1 is 1.03 bits per heavy atom. The maximum atomic E-state index is 12.6. The third-order valence-corrected chi connectivity index (χ3v) is 5.00. The molecule has 1 fully saturated rings. The number of halogens is 3. The third kappa shape index (κ3) is 6.49. The lowest BCUT2D eigenvalue weighted by atomic mass is 10.1. The van der Waals surface area contributed by atoms with Crippen molar-refractivity contribution in [1.82, 2.24) is 9.97 Å². The molecule has 1 aromatic heterocycles. The van der Waals surface area contributed by atoms with Crippen LogP contribution in [0.2, 0.25) is 0 Å². The van der Waals surface area contributed by atoms with E-state index in [0.29, 0.717) is 30.3 Å². The Bertz CT molecular complexity index is 1090. The Morgan fingerprint density at radius 2 is 1.79 bits per heavy atom. The van der Waals surface area contributed by atoms with Crippen LogP contribution in [-0.2, 0) is 4.74 Å². The van der Waals surface area contributed by atoms with Crippen LogP contribution in [0.3, 0.4) is 0 Å². The van der Waals surface area contributed by atoms with E-state index in [9.17, 15) is 13.2 Å². The predicted molar refractivity (Wildman–Crippen MR) is 122 cm³/mol. The maximum Gasteiger partial charge on any atom is 0.573 e. The van der Waals surface area contributed by atoms with Crippen molar-refractivity contribution in [1.29, 1.82) is 0 Å². The molecule has 11 heteroatoms. The number of alkyl halides is 3. The fourth-order valence-electron chi connectivity index (χ4n) is 3.48. The van der Waals surface area contributed by atoms with Gasteiger partial charge in [-0.2, -0.15) is 4.98 Å². The molecule has 3 aromatic rings. The van der Waals surface area contributed by atoms with Crippen LogP contribution in [0.25, 0.3) is 11.3 Å². The van der Waals surface area contributed by atoms with Gasteiger partial charge in [0.1, 0.15) is 11.6 Å². The second-order valence-electron chi connectivity index (χ2n) is 7.46. The van der Waals surface area contributed by atoms with Crippen LogP contribution in [0.5, 0.6) is 5.75 Å². The fourth-order valence-corrected chi connectivity index (χ4v) is 3.48. The summed E-state index contributed by atoms with van der Waals surface area (Å²) in [7, 11) is 0. The monoisotopic (exact) mass is 475 g/mol. The summed E-state index contributed by atoms with van der Waals surface area (Å²) in [6.45, 7) is 3.14. The largest absolute Gasteiger partial charge is 0.573 e. The van der Waals surface area contributed by atoms with Crippen LogP contribution < -0.4 is 20.3 Å². The minimum atomic E-state index is -4.79. The molecule has 1 aliphatic heterocycles. The molecule has 0 spiro atoms. The van der Waals surface area contributed by atoms with Gasteiger partial charge in [-0.1, -0.05) is 12.1 Å². The van der Waals surface area contributed by atoms with Crippen LogP contribution in [0, 0.1) is 0 Å². The summed E-state index contributed by atoms with van der Waals surface area (Å²) in [5, 5.41) is 15.2. The lowest BCUT2D eigenvalue weighted by Gasteiger charge is -2.28. The number of aliphatic hydroxyl groups excluding tert-OH is 1. The highest BCUT2D eigenvalue weighted by Crippen LogP contribution is 2.29. The Kier molecular flexibility index (Phi) is 7.33. The summed E-state index contributed by atoms with van der Waals surface area (Å²) in [6.07, 6.45) is -4.79. The zero-order chi connectivity index (χ0) is 24.0. The number of aromatic nitrogens is 2. The van der Waals surface area contributed by atoms with Crippen LogP contribution >= 0.6 is 0 Å². The molecule has 2 heterocycles. The molecule has 1 aliphatic rings. The van der Waals surface area contributed by atoms with Crippen LogP contribution in [0.1, 0.15) is 0 Å². The summed E-state index contributed by atoms with van der Waals surface area (Å²) < 4.78 is 47.3. The maximum absolute atomic E-state index is 12.6. The third-order valence-electron chi connectivity index (χ3n) is 5.00. The molecular weight excluding hydrogens is 451 g/mol. The standard InChI is InChI=1S/C23H24F3N5O3/c24-23(25,26)34-19-3-1-2-16(14-19)20-15-21(30-22(29-20)27-8-11-32)28-17-4-6-18(7-5-17)31-9-12-33-13-10-31/h1-7,14-15,32H,8-13H2,(H2,27,28,29,30). The van der Waals surface area contributed by atoms with Gasteiger partial charge in [-0.15, -0.1) is 13.2 Å². The van der Waals surface area contributed by atoms with Crippen molar-refractivity contribution in [3.63, 3.8) is 0 Å². The van der Waals surface area contributed by atoms with E-state index in [1.165, 1.54) is 18.2 Å². The van der Waals surface area contributed by atoms with Crippen molar-refractivity contribution in [2.24, 2.45) is 0 Å². The number of hydrogen-bond donors (Lipinski definition) is 3. The Labute approximate surface area is 194 Å². The number of ether oxygens (including phenoxy) is 2. The predicted octanol–water partition coefficient (Wildman–Crippen LogP) is 4.03. The molecule has 0 atom stereocenters. The molecular formula is C23H24F3N5O3. The molecule has 0 unspecified atom stereocenters. The van der Waals surface area contributed by atoms with E-state index < -0.39 is 6.36 Å². The van der Waals surface area contributed by atoms with Crippen molar-refractivity contribution < 1.29 is 27.8 Å². The van der Waals surface area contributed by atoms with Gasteiger partial charge in [-0.05, 0) is 36.4 Å². The smallest absolute Gasteiger partial charge is 0.406 e. The molecule has 180 valence electrons. The zero-order valence-electron chi connectivity index (χ0n) is 18.2.